The summed E-state index contributed by atoms with van der Waals surface area (Å²) in [6, 6.07) is 11.3. The monoisotopic (exact) mass is 253 g/mol. The quantitative estimate of drug-likeness (QED) is 0.846. The third-order valence-corrected chi connectivity index (χ3v) is 4.57. The number of hydrogen-bond donors (Lipinski definition) is 1. The molecule has 0 radical (unpaired) electrons. The first-order valence-corrected chi connectivity index (χ1v) is 7.24. The average molecular weight is 253 g/mol. The summed E-state index contributed by atoms with van der Waals surface area (Å²) in [6.45, 7) is 3.51. The molecule has 0 bridgehead atoms. The van der Waals surface area contributed by atoms with E-state index in [1.807, 2.05) is 6.20 Å². The van der Waals surface area contributed by atoms with Gasteiger partial charge < -0.3 is 10.2 Å². The van der Waals surface area contributed by atoms with E-state index < -0.39 is 0 Å². The Balaban J connectivity index is 1.71. The van der Waals surface area contributed by atoms with Gasteiger partial charge >= 0.3 is 0 Å². The molecule has 2 aliphatic heterocycles. The summed E-state index contributed by atoms with van der Waals surface area (Å²) in [5.74, 6) is 0.820. The number of para-hydroxylation sites is 1. The van der Waals surface area contributed by atoms with Crippen molar-refractivity contribution in [3.8, 4) is 0 Å². The molecule has 1 N–H and O–H groups in total. The van der Waals surface area contributed by atoms with E-state index in [9.17, 15) is 0 Å². The Hall–Kier alpha value is -1.61. The smallest absolute Gasteiger partial charge is 0.0722 e. The van der Waals surface area contributed by atoms with E-state index in [-0.39, 0.29) is 0 Å². The van der Waals surface area contributed by atoms with Gasteiger partial charge in [-0.25, -0.2) is 0 Å². The van der Waals surface area contributed by atoms with Crippen LogP contribution in [0.1, 0.15) is 12.8 Å². The van der Waals surface area contributed by atoms with Gasteiger partial charge in [0, 0.05) is 36.4 Å². The summed E-state index contributed by atoms with van der Waals surface area (Å²) in [5.41, 5.74) is 2.45. The topological polar surface area (TPSA) is 28.2 Å². The molecule has 1 aromatic carbocycles. The van der Waals surface area contributed by atoms with E-state index in [0.717, 1.165) is 18.0 Å². The Morgan fingerprint density at radius 3 is 3.05 bits per heavy atom. The average Bonchev–Trinajstić information content (AvgIpc) is 2.90. The molecule has 19 heavy (non-hydrogen) atoms. The second-order valence-corrected chi connectivity index (χ2v) is 5.72. The van der Waals surface area contributed by atoms with Crippen LogP contribution in [0.2, 0.25) is 0 Å². The number of nitrogens with zero attached hydrogens (tertiary/aromatic N) is 2. The lowest BCUT2D eigenvalue weighted by Crippen LogP contribution is -2.40. The zero-order valence-corrected chi connectivity index (χ0v) is 11.0. The lowest BCUT2D eigenvalue weighted by Gasteiger charge is -2.24. The van der Waals surface area contributed by atoms with Crippen LogP contribution in [0, 0.1) is 5.92 Å². The highest BCUT2D eigenvalue weighted by Crippen LogP contribution is 2.32. The summed E-state index contributed by atoms with van der Waals surface area (Å²) < 4.78 is 0. The number of benzene rings is 1. The Labute approximate surface area is 113 Å². The van der Waals surface area contributed by atoms with E-state index in [4.69, 9.17) is 0 Å². The van der Waals surface area contributed by atoms with E-state index >= 15 is 0 Å². The SMILES string of the molecule is c1ccc2c(N3C[C@@H]4CCCN[C@@H]4C3)ccnc2c1. The van der Waals surface area contributed by atoms with Crippen LogP contribution in [-0.4, -0.2) is 30.7 Å². The number of rotatable bonds is 1. The lowest BCUT2D eigenvalue weighted by atomic mass is 9.94. The highest BCUT2D eigenvalue weighted by Gasteiger charge is 2.34. The largest absolute Gasteiger partial charge is 0.369 e. The number of pyridine rings is 1. The Kier molecular flexibility index (Phi) is 2.66. The normalized spacial score (nSPS) is 26.6. The highest BCUT2D eigenvalue weighted by atomic mass is 15.2. The minimum absolute atomic E-state index is 0.681. The summed E-state index contributed by atoms with van der Waals surface area (Å²) in [7, 11) is 0. The second kappa shape index (κ2) is 4.49. The second-order valence-electron chi connectivity index (χ2n) is 5.72. The van der Waals surface area contributed by atoms with Crippen LogP contribution in [0.15, 0.2) is 36.5 Å². The lowest BCUT2D eigenvalue weighted by molar-refractivity contribution is 0.340. The molecular weight excluding hydrogens is 234 g/mol. The minimum atomic E-state index is 0.681. The molecule has 4 rings (SSSR count). The highest BCUT2D eigenvalue weighted by molar-refractivity contribution is 5.91. The minimum Gasteiger partial charge on any atom is -0.369 e. The molecule has 0 aliphatic carbocycles. The number of piperidine rings is 1. The number of nitrogens with one attached hydrogen (secondary N) is 1. The van der Waals surface area contributed by atoms with Gasteiger partial charge in [-0.2, -0.15) is 0 Å². The van der Waals surface area contributed by atoms with Crippen LogP contribution in [0.4, 0.5) is 5.69 Å². The van der Waals surface area contributed by atoms with Gasteiger partial charge in [-0.15, -0.1) is 0 Å². The zero-order valence-electron chi connectivity index (χ0n) is 11.0. The third-order valence-electron chi connectivity index (χ3n) is 4.57. The molecule has 0 saturated carbocycles. The van der Waals surface area contributed by atoms with Gasteiger partial charge in [-0.05, 0) is 37.4 Å². The van der Waals surface area contributed by atoms with Gasteiger partial charge in [0.2, 0.25) is 0 Å². The first kappa shape index (κ1) is 11.2. The van der Waals surface area contributed by atoms with Gasteiger partial charge in [0.25, 0.3) is 0 Å². The summed E-state index contributed by atoms with van der Waals surface area (Å²) in [6.07, 6.45) is 4.64. The number of anilines is 1. The van der Waals surface area contributed by atoms with E-state index in [0.29, 0.717) is 6.04 Å². The molecule has 0 spiro atoms. The molecule has 2 atom stereocenters. The number of fused-ring (bicyclic) bond motifs is 2. The maximum atomic E-state index is 4.46. The van der Waals surface area contributed by atoms with Gasteiger partial charge in [-0.1, -0.05) is 18.2 Å². The fraction of sp³-hybridized carbons (Fsp3) is 0.438. The van der Waals surface area contributed by atoms with E-state index in [1.54, 1.807) is 0 Å². The molecule has 0 amide bonds. The van der Waals surface area contributed by atoms with Crippen LogP contribution < -0.4 is 10.2 Å². The van der Waals surface area contributed by atoms with Crippen molar-refractivity contribution in [2.45, 2.75) is 18.9 Å². The van der Waals surface area contributed by atoms with Gasteiger partial charge in [0.1, 0.15) is 0 Å². The van der Waals surface area contributed by atoms with Gasteiger partial charge in [-0.3, -0.25) is 4.98 Å². The zero-order chi connectivity index (χ0) is 12.7. The van der Waals surface area contributed by atoms with Crippen molar-refractivity contribution in [3.63, 3.8) is 0 Å². The fourth-order valence-electron chi connectivity index (χ4n) is 3.60. The summed E-state index contributed by atoms with van der Waals surface area (Å²) in [4.78, 5) is 7.00. The number of hydrogen-bond acceptors (Lipinski definition) is 3. The summed E-state index contributed by atoms with van der Waals surface area (Å²) in [5, 5.41) is 4.95. The number of aromatic nitrogens is 1. The van der Waals surface area contributed by atoms with Crippen LogP contribution in [0.25, 0.3) is 10.9 Å². The molecule has 2 saturated heterocycles. The van der Waals surface area contributed by atoms with E-state index in [2.05, 4.69) is 45.5 Å². The Morgan fingerprint density at radius 2 is 2.11 bits per heavy atom. The predicted octanol–water partition coefficient (Wildman–Crippen LogP) is 2.42. The van der Waals surface area contributed by atoms with Crippen LogP contribution in [0.3, 0.4) is 0 Å². The molecule has 1 aromatic heterocycles. The molecule has 2 aliphatic rings. The first-order chi connectivity index (χ1) is 9.42. The van der Waals surface area contributed by atoms with Crippen LogP contribution >= 0.6 is 0 Å². The van der Waals surface area contributed by atoms with Crippen molar-refractivity contribution in [1.29, 1.82) is 0 Å². The van der Waals surface area contributed by atoms with Crippen molar-refractivity contribution in [1.82, 2.24) is 10.3 Å². The molecule has 3 heterocycles. The standard InChI is InChI=1S/C16H19N3/c1-2-6-14-13(5-1)16(7-9-18-14)19-10-12-4-3-8-17-15(12)11-19/h1-2,5-7,9,12,15,17H,3-4,8,10-11H2/t12-,15+/m0/s1. The van der Waals surface area contributed by atoms with Crippen molar-refractivity contribution in [2.75, 3.05) is 24.5 Å². The Bertz CT molecular complexity index is 576. The fourth-order valence-corrected chi connectivity index (χ4v) is 3.60. The molecular formula is C16H19N3. The van der Waals surface area contributed by atoms with Crippen molar-refractivity contribution in [2.24, 2.45) is 5.92 Å². The summed E-state index contributed by atoms with van der Waals surface area (Å²) >= 11 is 0. The van der Waals surface area contributed by atoms with Gasteiger partial charge in [0.05, 0.1) is 5.52 Å². The molecule has 3 nitrogen and oxygen atoms in total. The third kappa shape index (κ3) is 1.89. The Morgan fingerprint density at radius 1 is 1.16 bits per heavy atom. The molecule has 0 unspecified atom stereocenters. The predicted molar refractivity (Wildman–Crippen MR) is 78.5 cm³/mol. The maximum Gasteiger partial charge on any atom is 0.0722 e. The molecule has 2 fully saturated rings. The van der Waals surface area contributed by atoms with Crippen molar-refractivity contribution in [3.05, 3.63) is 36.5 Å². The molecule has 3 heteroatoms. The van der Waals surface area contributed by atoms with Crippen molar-refractivity contribution < 1.29 is 0 Å². The first-order valence-electron chi connectivity index (χ1n) is 7.24. The molecule has 98 valence electrons. The van der Waals surface area contributed by atoms with Crippen molar-refractivity contribution >= 4 is 16.6 Å². The maximum absolute atomic E-state index is 4.46. The van der Waals surface area contributed by atoms with E-state index in [1.165, 1.54) is 37.0 Å². The van der Waals surface area contributed by atoms with Gasteiger partial charge in [0.15, 0.2) is 0 Å². The van der Waals surface area contributed by atoms with Crippen LogP contribution in [0.5, 0.6) is 0 Å². The molecule has 2 aromatic rings. The van der Waals surface area contributed by atoms with Crippen LogP contribution in [-0.2, 0) is 0 Å².